The van der Waals surface area contributed by atoms with Crippen molar-refractivity contribution in [2.75, 3.05) is 0 Å². The normalized spacial score (nSPS) is 19.9. The molecule has 0 radical (unpaired) electrons. The second-order valence-corrected chi connectivity index (χ2v) is 6.87. The average Bonchev–Trinajstić information content (AvgIpc) is 2.43. The highest BCUT2D eigenvalue weighted by Gasteiger charge is 2.35. The van der Waals surface area contributed by atoms with Crippen molar-refractivity contribution in [2.24, 2.45) is 0 Å². The van der Waals surface area contributed by atoms with Gasteiger partial charge in [-0.3, -0.25) is 9.59 Å². The molecule has 0 bridgehead atoms. The highest BCUT2D eigenvalue weighted by atomic mass is 16.2. The van der Waals surface area contributed by atoms with Crippen LogP contribution < -0.4 is 0 Å². The first kappa shape index (κ1) is 14.2. The first-order valence-corrected chi connectivity index (χ1v) is 7.91. The SMILES string of the molecule is CCCC1=Cc2ccc3c(c2C(=O)C1=O)CCCC3(C)C. The molecule has 2 heteroatoms. The number of ketones is 2. The summed E-state index contributed by atoms with van der Waals surface area (Å²) in [5.41, 5.74) is 4.77. The van der Waals surface area contributed by atoms with Crippen LogP contribution in [0.25, 0.3) is 6.08 Å². The fraction of sp³-hybridized carbons (Fsp3) is 0.474. The average molecular weight is 282 g/mol. The third-order valence-electron chi connectivity index (χ3n) is 4.88. The van der Waals surface area contributed by atoms with E-state index in [1.807, 2.05) is 19.1 Å². The first-order valence-electron chi connectivity index (χ1n) is 7.91. The smallest absolute Gasteiger partial charge is 0.234 e. The van der Waals surface area contributed by atoms with Crippen molar-refractivity contribution in [2.45, 2.75) is 58.3 Å². The fourth-order valence-corrected chi connectivity index (χ4v) is 3.76. The molecule has 0 fully saturated rings. The van der Waals surface area contributed by atoms with Crippen molar-refractivity contribution in [3.05, 3.63) is 40.0 Å². The molecular formula is C19H22O2. The molecule has 1 aromatic carbocycles. The second-order valence-electron chi connectivity index (χ2n) is 6.87. The quantitative estimate of drug-likeness (QED) is 0.760. The summed E-state index contributed by atoms with van der Waals surface area (Å²) in [7, 11) is 0. The number of allylic oxidation sites excluding steroid dienone is 1. The van der Waals surface area contributed by atoms with Gasteiger partial charge in [-0.15, -0.1) is 0 Å². The molecule has 0 aliphatic heterocycles. The van der Waals surface area contributed by atoms with Crippen LogP contribution in [0.2, 0.25) is 0 Å². The molecule has 0 spiro atoms. The van der Waals surface area contributed by atoms with E-state index >= 15 is 0 Å². The lowest BCUT2D eigenvalue weighted by atomic mass is 9.69. The lowest BCUT2D eigenvalue weighted by Gasteiger charge is -2.34. The molecule has 0 saturated heterocycles. The molecule has 2 aliphatic carbocycles. The van der Waals surface area contributed by atoms with Gasteiger partial charge in [0.2, 0.25) is 11.6 Å². The Morgan fingerprint density at radius 1 is 1.14 bits per heavy atom. The Kier molecular flexibility index (Phi) is 3.35. The third-order valence-corrected chi connectivity index (χ3v) is 4.88. The monoisotopic (exact) mass is 282 g/mol. The van der Waals surface area contributed by atoms with Gasteiger partial charge >= 0.3 is 0 Å². The van der Waals surface area contributed by atoms with Gasteiger partial charge in [0.15, 0.2) is 0 Å². The Bertz CT molecular complexity index is 662. The zero-order valence-electron chi connectivity index (χ0n) is 13.1. The molecule has 3 rings (SSSR count). The molecule has 1 aromatic rings. The zero-order chi connectivity index (χ0) is 15.2. The Labute approximate surface area is 126 Å². The summed E-state index contributed by atoms with van der Waals surface area (Å²) in [6.07, 6.45) is 6.65. The maximum atomic E-state index is 12.6. The van der Waals surface area contributed by atoms with E-state index in [4.69, 9.17) is 0 Å². The molecule has 2 aliphatic rings. The van der Waals surface area contributed by atoms with Crippen LogP contribution in [-0.4, -0.2) is 11.6 Å². The molecule has 21 heavy (non-hydrogen) atoms. The summed E-state index contributed by atoms with van der Waals surface area (Å²) in [5, 5.41) is 0. The minimum absolute atomic E-state index is 0.0966. The van der Waals surface area contributed by atoms with E-state index < -0.39 is 0 Å². The first-order chi connectivity index (χ1) is 9.95. The van der Waals surface area contributed by atoms with E-state index in [9.17, 15) is 9.59 Å². The number of hydrogen-bond donors (Lipinski definition) is 0. The molecule has 0 atom stereocenters. The Morgan fingerprint density at radius 3 is 2.62 bits per heavy atom. The highest BCUT2D eigenvalue weighted by Crippen LogP contribution is 2.40. The number of hydrogen-bond acceptors (Lipinski definition) is 2. The van der Waals surface area contributed by atoms with E-state index in [-0.39, 0.29) is 17.0 Å². The van der Waals surface area contributed by atoms with Crippen LogP contribution in [0, 0.1) is 0 Å². The summed E-state index contributed by atoms with van der Waals surface area (Å²) in [5.74, 6) is -0.577. The molecular weight excluding hydrogens is 260 g/mol. The van der Waals surface area contributed by atoms with E-state index in [0.29, 0.717) is 17.6 Å². The summed E-state index contributed by atoms with van der Waals surface area (Å²) < 4.78 is 0. The zero-order valence-corrected chi connectivity index (χ0v) is 13.1. The molecule has 0 heterocycles. The van der Waals surface area contributed by atoms with Gasteiger partial charge in [-0.2, -0.15) is 0 Å². The maximum absolute atomic E-state index is 12.6. The largest absolute Gasteiger partial charge is 0.285 e. The molecule has 0 unspecified atom stereocenters. The Balaban J connectivity index is 2.21. The molecule has 0 saturated carbocycles. The number of carbonyl (C=O) groups excluding carboxylic acids is 2. The summed E-state index contributed by atoms with van der Waals surface area (Å²) in [6.45, 7) is 6.49. The second kappa shape index (κ2) is 4.94. The molecule has 2 nitrogen and oxygen atoms in total. The van der Waals surface area contributed by atoms with Crippen LogP contribution in [0.4, 0.5) is 0 Å². The Morgan fingerprint density at radius 2 is 1.90 bits per heavy atom. The van der Waals surface area contributed by atoms with E-state index in [1.54, 1.807) is 0 Å². The third kappa shape index (κ3) is 2.17. The highest BCUT2D eigenvalue weighted by molar-refractivity contribution is 6.52. The summed E-state index contributed by atoms with van der Waals surface area (Å²) in [6, 6.07) is 4.19. The maximum Gasteiger partial charge on any atom is 0.234 e. The van der Waals surface area contributed by atoms with Gasteiger partial charge in [0, 0.05) is 11.1 Å². The predicted octanol–water partition coefficient (Wildman–Crippen LogP) is 4.25. The van der Waals surface area contributed by atoms with Gasteiger partial charge < -0.3 is 0 Å². The lowest BCUT2D eigenvalue weighted by molar-refractivity contribution is -0.112. The van der Waals surface area contributed by atoms with Crippen LogP contribution >= 0.6 is 0 Å². The minimum atomic E-state index is -0.291. The van der Waals surface area contributed by atoms with E-state index in [2.05, 4.69) is 19.9 Å². The van der Waals surface area contributed by atoms with Crippen molar-refractivity contribution in [1.29, 1.82) is 0 Å². The number of rotatable bonds is 2. The minimum Gasteiger partial charge on any atom is -0.285 e. The van der Waals surface area contributed by atoms with Gasteiger partial charge in [0.05, 0.1) is 0 Å². The van der Waals surface area contributed by atoms with Crippen LogP contribution in [0.1, 0.15) is 73.5 Å². The van der Waals surface area contributed by atoms with Gasteiger partial charge in [-0.05, 0) is 53.9 Å². The van der Waals surface area contributed by atoms with Gasteiger partial charge in [-0.25, -0.2) is 0 Å². The molecule has 0 amide bonds. The number of fused-ring (bicyclic) bond motifs is 3. The van der Waals surface area contributed by atoms with Crippen molar-refractivity contribution >= 4 is 17.6 Å². The van der Waals surface area contributed by atoms with Crippen LogP contribution in [0.5, 0.6) is 0 Å². The van der Waals surface area contributed by atoms with Crippen molar-refractivity contribution in [1.82, 2.24) is 0 Å². The number of carbonyl (C=O) groups is 2. The van der Waals surface area contributed by atoms with Crippen LogP contribution in [0.3, 0.4) is 0 Å². The summed E-state index contributed by atoms with van der Waals surface area (Å²) >= 11 is 0. The van der Waals surface area contributed by atoms with Gasteiger partial charge in [0.25, 0.3) is 0 Å². The molecule has 0 aromatic heterocycles. The Hall–Kier alpha value is -1.70. The van der Waals surface area contributed by atoms with Gasteiger partial charge in [0.1, 0.15) is 0 Å². The van der Waals surface area contributed by atoms with Crippen molar-refractivity contribution in [3.63, 3.8) is 0 Å². The van der Waals surface area contributed by atoms with E-state index in [0.717, 1.165) is 36.8 Å². The predicted molar refractivity (Wildman–Crippen MR) is 84.6 cm³/mol. The fourth-order valence-electron chi connectivity index (χ4n) is 3.76. The topological polar surface area (TPSA) is 34.1 Å². The van der Waals surface area contributed by atoms with Crippen molar-refractivity contribution < 1.29 is 9.59 Å². The lowest BCUT2D eigenvalue weighted by Crippen LogP contribution is -2.29. The molecule has 0 N–H and O–H groups in total. The van der Waals surface area contributed by atoms with Crippen LogP contribution in [-0.2, 0) is 16.6 Å². The number of benzene rings is 1. The standard InChI is InChI=1S/C19H22O2/c1-4-6-13-11-12-8-9-15-14(7-5-10-19(15,2)3)16(12)18(21)17(13)20/h8-9,11H,4-7,10H2,1-3H3. The number of Topliss-reactive ketones (excluding diaryl/α,β-unsaturated/α-hetero) is 2. The van der Waals surface area contributed by atoms with E-state index in [1.165, 1.54) is 5.56 Å². The van der Waals surface area contributed by atoms with Crippen molar-refractivity contribution in [3.8, 4) is 0 Å². The molecule has 110 valence electrons. The van der Waals surface area contributed by atoms with Gasteiger partial charge in [-0.1, -0.05) is 39.3 Å². The van der Waals surface area contributed by atoms with Crippen LogP contribution in [0.15, 0.2) is 17.7 Å². The summed E-state index contributed by atoms with van der Waals surface area (Å²) in [4.78, 5) is 24.9.